The van der Waals surface area contributed by atoms with E-state index < -0.39 is 5.97 Å². The highest BCUT2D eigenvalue weighted by molar-refractivity contribution is 5.70. The summed E-state index contributed by atoms with van der Waals surface area (Å²) in [5, 5.41) is 0. The standard InChI is InChI=1S/C8H12O4/c1-3-7(9)11-5-6-12-8(10)4-2/h1H,3-6H2,2H3. The maximum atomic E-state index is 10.5. The fourth-order valence-corrected chi connectivity index (χ4v) is 0.472. The smallest absolute Gasteiger partial charge is 0.306 e. The third kappa shape index (κ3) is 5.70. The minimum Gasteiger partial charge on any atom is -0.462 e. The molecular weight excluding hydrogens is 160 g/mol. The zero-order chi connectivity index (χ0) is 9.40. The van der Waals surface area contributed by atoms with Gasteiger partial charge in [-0.15, -0.1) is 0 Å². The van der Waals surface area contributed by atoms with E-state index in [0.29, 0.717) is 6.42 Å². The average Bonchev–Trinajstić information content (AvgIpc) is 2.11. The summed E-state index contributed by atoms with van der Waals surface area (Å²) in [4.78, 5) is 21.0. The first kappa shape index (κ1) is 10.9. The van der Waals surface area contributed by atoms with Gasteiger partial charge in [-0.3, -0.25) is 9.59 Å². The Morgan fingerprint density at radius 2 is 1.67 bits per heavy atom. The van der Waals surface area contributed by atoms with Crippen LogP contribution in [0.5, 0.6) is 0 Å². The normalized spacial score (nSPS) is 9.17. The lowest BCUT2D eigenvalue weighted by molar-refractivity contribution is -0.151. The topological polar surface area (TPSA) is 52.6 Å². The second-order valence-corrected chi connectivity index (χ2v) is 2.00. The van der Waals surface area contributed by atoms with Gasteiger partial charge in [0.1, 0.15) is 13.2 Å². The van der Waals surface area contributed by atoms with Crippen LogP contribution in [0.4, 0.5) is 0 Å². The maximum absolute atomic E-state index is 10.5. The van der Waals surface area contributed by atoms with Gasteiger partial charge in [-0.2, -0.15) is 0 Å². The number of hydrogen-bond donors (Lipinski definition) is 0. The van der Waals surface area contributed by atoms with Crippen molar-refractivity contribution in [2.45, 2.75) is 19.8 Å². The van der Waals surface area contributed by atoms with Crippen molar-refractivity contribution in [2.24, 2.45) is 0 Å². The largest absolute Gasteiger partial charge is 0.462 e. The van der Waals surface area contributed by atoms with Crippen LogP contribution in [0, 0.1) is 6.92 Å². The first-order valence-corrected chi connectivity index (χ1v) is 3.72. The maximum Gasteiger partial charge on any atom is 0.306 e. The second-order valence-electron chi connectivity index (χ2n) is 2.00. The summed E-state index contributed by atoms with van der Waals surface area (Å²) in [5.74, 6) is -0.804. The van der Waals surface area contributed by atoms with Crippen LogP contribution >= 0.6 is 0 Å². The predicted molar refractivity (Wildman–Crippen MR) is 41.1 cm³/mol. The van der Waals surface area contributed by atoms with Gasteiger partial charge in [-0.1, -0.05) is 6.92 Å². The molecule has 0 amide bonds. The van der Waals surface area contributed by atoms with Gasteiger partial charge in [0, 0.05) is 12.8 Å². The minimum atomic E-state index is -0.498. The first-order chi connectivity index (χ1) is 5.70. The van der Waals surface area contributed by atoms with E-state index in [9.17, 15) is 9.59 Å². The molecule has 0 N–H and O–H groups in total. The van der Waals surface area contributed by atoms with Crippen molar-refractivity contribution in [3.8, 4) is 0 Å². The number of hydrogen-bond acceptors (Lipinski definition) is 4. The monoisotopic (exact) mass is 172 g/mol. The molecule has 12 heavy (non-hydrogen) atoms. The van der Waals surface area contributed by atoms with E-state index in [2.05, 4.69) is 9.47 Å². The summed E-state index contributed by atoms with van der Waals surface area (Å²) in [5.41, 5.74) is 0. The van der Waals surface area contributed by atoms with E-state index in [1.54, 1.807) is 6.92 Å². The SMILES string of the molecule is [CH]CC(=O)OCCOC(=O)CC. The van der Waals surface area contributed by atoms with Crippen LogP contribution in [0.1, 0.15) is 19.8 Å². The summed E-state index contributed by atoms with van der Waals surface area (Å²) in [6, 6.07) is 0. The highest BCUT2D eigenvalue weighted by Gasteiger charge is 2.00. The lowest BCUT2D eigenvalue weighted by atomic mass is 10.5. The van der Waals surface area contributed by atoms with Crippen molar-refractivity contribution in [3.05, 3.63) is 6.92 Å². The first-order valence-electron chi connectivity index (χ1n) is 3.72. The molecule has 0 unspecified atom stereocenters. The van der Waals surface area contributed by atoms with E-state index in [-0.39, 0.29) is 25.6 Å². The lowest BCUT2D eigenvalue weighted by Gasteiger charge is -2.03. The molecule has 4 heteroatoms. The zero-order valence-corrected chi connectivity index (χ0v) is 7.04. The van der Waals surface area contributed by atoms with Crippen molar-refractivity contribution in [1.82, 2.24) is 0 Å². The number of esters is 2. The highest BCUT2D eigenvalue weighted by Crippen LogP contribution is 1.87. The summed E-state index contributed by atoms with van der Waals surface area (Å²) >= 11 is 0. The van der Waals surface area contributed by atoms with Crippen LogP contribution in [-0.2, 0) is 19.1 Å². The van der Waals surface area contributed by atoms with Crippen molar-refractivity contribution in [2.75, 3.05) is 13.2 Å². The van der Waals surface area contributed by atoms with Crippen molar-refractivity contribution >= 4 is 11.9 Å². The van der Waals surface area contributed by atoms with Gasteiger partial charge in [-0.25, -0.2) is 0 Å². The summed E-state index contributed by atoms with van der Waals surface area (Å²) in [6.45, 7) is 6.81. The third-order valence-electron chi connectivity index (χ3n) is 1.06. The lowest BCUT2D eigenvalue weighted by Crippen LogP contribution is -2.12. The van der Waals surface area contributed by atoms with E-state index in [1.807, 2.05) is 0 Å². The minimum absolute atomic E-state index is 0.0712. The molecule has 0 aliphatic rings. The molecule has 4 nitrogen and oxygen atoms in total. The van der Waals surface area contributed by atoms with Crippen LogP contribution in [0.25, 0.3) is 0 Å². The molecule has 2 radical (unpaired) electrons. The Bertz CT molecular complexity index is 135. The van der Waals surface area contributed by atoms with Crippen LogP contribution in [0.3, 0.4) is 0 Å². The van der Waals surface area contributed by atoms with Crippen molar-refractivity contribution in [3.63, 3.8) is 0 Å². The van der Waals surface area contributed by atoms with Gasteiger partial charge in [0.15, 0.2) is 0 Å². The Balaban J connectivity index is 3.21. The summed E-state index contributed by atoms with van der Waals surface area (Å²) < 4.78 is 9.17. The Hall–Kier alpha value is -1.06. The molecule has 0 aromatic rings. The molecule has 0 bridgehead atoms. The van der Waals surface area contributed by atoms with Gasteiger partial charge in [-0.05, 0) is 6.92 Å². The molecule has 0 aliphatic carbocycles. The molecular formula is C8H12O4. The molecule has 0 rings (SSSR count). The second kappa shape index (κ2) is 6.64. The Morgan fingerprint density at radius 3 is 2.08 bits per heavy atom. The third-order valence-corrected chi connectivity index (χ3v) is 1.06. The molecule has 0 atom stereocenters. The number of carbonyl (C=O) groups excluding carboxylic acids is 2. The Morgan fingerprint density at radius 1 is 1.17 bits per heavy atom. The van der Waals surface area contributed by atoms with Crippen LogP contribution in [0.15, 0.2) is 0 Å². The molecule has 0 heterocycles. The van der Waals surface area contributed by atoms with Gasteiger partial charge >= 0.3 is 11.9 Å². The molecule has 0 aliphatic heterocycles. The molecule has 0 spiro atoms. The predicted octanol–water partition coefficient (Wildman–Crippen LogP) is 0.584. The van der Waals surface area contributed by atoms with Gasteiger partial charge in [0.05, 0.1) is 0 Å². The number of rotatable bonds is 5. The quantitative estimate of drug-likeness (QED) is 0.449. The average molecular weight is 172 g/mol. The highest BCUT2D eigenvalue weighted by atomic mass is 16.6. The molecule has 0 aromatic heterocycles. The Kier molecular flexibility index (Phi) is 6.05. The number of carbonyl (C=O) groups is 2. The fourth-order valence-electron chi connectivity index (χ4n) is 0.472. The summed E-state index contributed by atoms with van der Waals surface area (Å²) in [6.07, 6.45) is 0.173. The molecule has 0 saturated carbocycles. The molecule has 0 aromatic carbocycles. The van der Waals surface area contributed by atoms with E-state index in [4.69, 9.17) is 6.92 Å². The van der Waals surface area contributed by atoms with E-state index >= 15 is 0 Å². The van der Waals surface area contributed by atoms with Crippen LogP contribution in [-0.4, -0.2) is 25.2 Å². The molecule has 0 saturated heterocycles. The molecule has 0 fully saturated rings. The summed E-state index contributed by atoms with van der Waals surface area (Å²) in [7, 11) is 0. The van der Waals surface area contributed by atoms with E-state index in [1.165, 1.54) is 0 Å². The van der Waals surface area contributed by atoms with E-state index in [0.717, 1.165) is 0 Å². The van der Waals surface area contributed by atoms with Gasteiger partial charge < -0.3 is 9.47 Å². The fraction of sp³-hybridized carbons (Fsp3) is 0.625. The zero-order valence-electron chi connectivity index (χ0n) is 7.04. The molecule has 68 valence electrons. The van der Waals surface area contributed by atoms with Crippen LogP contribution < -0.4 is 0 Å². The Labute approximate surface area is 71.8 Å². The van der Waals surface area contributed by atoms with Crippen LogP contribution in [0.2, 0.25) is 0 Å². The van der Waals surface area contributed by atoms with Gasteiger partial charge in [0.25, 0.3) is 0 Å². The van der Waals surface area contributed by atoms with Crippen molar-refractivity contribution < 1.29 is 19.1 Å². The van der Waals surface area contributed by atoms with Gasteiger partial charge in [0.2, 0.25) is 0 Å². The van der Waals surface area contributed by atoms with Crippen molar-refractivity contribution in [1.29, 1.82) is 0 Å². The number of ether oxygens (including phenoxy) is 2.